The molecule has 0 aliphatic carbocycles. The minimum absolute atomic E-state index is 0.0833. The normalized spacial score (nSPS) is 9.37. The van der Waals surface area contributed by atoms with E-state index in [2.05, 4.69) is 48.1 Å². The molecule has 222 valence electrons. The van der Waals surface area contributed by atoms with Crippen LogP contribution in [0.15, 0.2) is 61.8 Å². The third-order valence-electron chi connectivity index (χ3n) is 3.27. The first-order chi connectivity index (χ1) is 18.1. The Kier molecular flexibility index (Phi) is 55.9. The van der Waals surface area contributed by atoms with E-state index in [-0.39, 0.29) is 31.1 Å². The molecule has 0 saturated carbocycles. The summed E-state index contributed by atoms with van der Waals surface area (Å²) in [5.41, 5.74) is 0. The predicted octanol–water partition coefficient (Wildman–Crippen LogP) is 6.05. The standard InChI is InChI=1S/2C8H14O2.C6H12O.C5H8O2.C3H6O/c2*1-3-4-5-6-7-10-8(2)9;1-2-3-4-5-6-7;1-3-4-7-5(2)6;1-2-3-4/h2*5-6H,3-4,7H2,1-2H3;4-5,7H,2-3,6H2,1H3;3H,1,4H2,2H3;2,4H,1,3H2/b2*6-5-;5-4-;;. The van der Waals surface area contributed by atoms with Crippen molar-refractivity contribution in [3.05, 3.63) is 61.8 Å². The van der Waals surface area contributed by atoms with Gasteiger partial charge in [0.1, 0.15) is 19.8 Å². The van der Waals surface area contributed by atoms with Crippen LogP contribution in [0.3, 0.4) is 0 Å². The molecule has 0 rings (SSSR count). The highest BCUT2D eigenvalue weighted by molar-refractivity contribution is 5.66. The van der Waals surface area contributed by atoms with Crippen molar-refractivity contribution < 1.29 is 38.8 Å². The Bertz CT molecular complexity index is 577. The number of unbranched alkanes of at least 4 members (excludes halogenated alkanes) is 3. The van der Waals surface area contributed by atoms with Crippen LogP contribution in [0.25, 0.3) is 0 Å². The molecule has 0 heterocycles. The van der Waals surface area contributed by atoms with Gasteiger partial charge < -0.3 is 24.4 Å². The number of carbonyl (C=O) groups excluding carboxylic acids is 3. The number of hydrogen-bond donors (Lipinski definition) is 2. The van der Waals surface area contributed by atoms with Gasteiger partial charge in [0.15, 0.2) is 0 Å². The minimum Gasteiger partial charge on any atom is -0.462 e. The number of carbonyl (C=O) groups is 3. The second-order valence-corrected chi connectivity index (χ2v) is 7.13. The topological polar surface area (TPSA) is 119 Å². The van der Waals surface area contributed by atoms with Gasteiger partial charge >= 0.3 is 17.9 Å². The Hall–Kier alpha value is -2.97. The van der Waals surface area contributed by atoms with E-state index in [1.807, 2.05) is 30.4 Å². The summed E-state index contributed by atoms with van der Waals surface area (Å²) in [4.78, 5) is 30.4. The number of rotatable bonds is 14. The summed E-state index contributed by atoms with van der Waals surface area (Å²) in [6.45, 7) is 18.5. The van der Waals surface area contributed by atoms with E-state index in [1.165, 1.54) is 32.9 Å². The lowest BCUT2D eigenvalue weighted by Crippen LogP contribution is -1.97. The maximum Gasteiger partial charge on any atom is 0.302 e. The molecule has 8 heteroatoms. The van der Waals surface area contributed by atoms with Gasteiger partial charge in [-0.3, -0.25) is 14.4 Å². The molecule has 0 unspecified atom stereocenters. The van der Waals surface area contributed by atoms with Gasteiger partial charge in [0.25, 0.3) is 0 Å². The maximum atomic E-state index is 10.2. The molecule has 0 aromatic heterocycles. The molecule has 0 saturated heterocycles. The smallest absolute Gasteiger partial charge is 0.302 e. The molecule has 0 aliphatic heterocycles. The molecule has 0 amide bonds. The van der Waals surface area contributed by atoms with E-state index in [0.29, 0.717) is 19.8 Å². The van der Waals surface area contributed by atoms with Crippen LogP contribution >= 0.6 is 0 Å². The van der Waals surface area contributed by atoms with Crippen molar-refractivity contribution >= 4 is 17.9 Å². The van der Waals surface area contributed by atoms with Crippen molar-refractivity contribution in [1.82, 2.24) is 0 Å². The monoisotopic (exact) mass is 542 g/mol. The molecule has 0 aromatic carbocycles. The average Bonchev–Trinajstić information content (AvgIpc) is 2.88. The molecule has 0 atom stereocenters. The highest BCUT2D eigenvalue weighted by Gasteiger charge is 1.86. The van der Waals surface area contributed by atoms with Gasteiger partial charge in [0, 0.05) is 20.8 Å². The van der Waals surface area contributed by atoms with Crippen LogP contribution in [0, 0.1) is 0 Å². The Morgan fingerprint density at radius 1 is 0.553 bits per heavy atom. The molecule has 0 fully saturated rings. The van der Waals surface area contributed by atoms with Crippen LogP contribution in [0.2, 0.25) is 0 Å². The zero-order chi connectivity index (χ0) is 30.3. The van der Waals surface area contributed by atoms with E-state index < -0.39 is 0 Å². The molecule has 0 bridgehead atoms. The summed E-state index contributed by atoms with van der Waals surface area (Å²) in [6, 6.07) is 0. The lowest BCUT2D eigenvalue weighted by atomic mass is 10.3. The Morgan fingerprint density at radius 3 is 1.08 bits per heavy atom. The maximum absolute atomic E-state index is 10.2. The summed E-state index contributed by atoms with van der Waals surface area (Å²) in [5, 5.41) is 16.0. The Balaban J connectivity index is -0.000000123. The van der Waals surface area contributed by atoms with Crippen molar-refractivity contribution in [1.29, 1.82) is 0 Å². The van der Waals surface area contributed by atoms with Gasteiger partial charge in [0.2, 0.25) is 0 Å². The number of esters is 3. The van der Waals surface area contributed by atoms with Crippen molar-refractivity contribution in [2.24, 2.45) is 0 Å². The van der Waals surface area contributed by atoms with E-state index in [1.54, 1.807) is 6.08 Å². The average molecular weight is 543 g/mol. The number of allylic oxidation sites excluding steroid dienone is 3. The lowest BCUT2D eigenvalue weighted by Gasteiger charge is -1.93. The number of aliphatic hydroxyl groups is 2. The fourth-order valence-corrected chi connectivity index (χ4v) is 1.57. The summed E-state index contributed by atoms with van der Waals surface area (Å²) in [6.07, 6.45) is 21.1. The first-order valence-corrected chi connectivity index (χ1v) is 12.9. The molecular formula is C30H54O8. The fraction of sp³-hybridized carbons (Fsp3) is 0.567. The molecule has 0 aromatic rings. The van der Waals surface area contributed by atoms with Crippen molar-refractivity contribution in [2.45, 2.75) is 80.1 Å². The van der Waals surface area contributed by atoms with Crippen molar-refractivity contribution in [2.75, 3.05) is 33.0 Å². The van der Waals surface area contributed by atoms with Crippen LogP contribution < -0.4 is 0 Å². The largest absolute Gasteiger partial charge is 0.462 e. The molecule has 2 N–H and O–H groups in total. The second kappa shape index (κ2) is 47.3. The summed E-state index contributed by atoms with van der Waals surface area (Å²) < 4.78 is 13.8. The molecule has 38 heavy (non-hydrogen) atoms. The van der Waals surface area contributed by atoms with Crippen LogP contribution in [0.4, 0.5) is 0 Å². The Morgan fingerprint density at radius 2 is 0.868 bits per heavy atom. The van der Waals surface area contributed by atoms with Gasteiger partial charge in [0.05, 0.1) is 13.2 Å². The van der Waals surface area contributed by atoms with Crippen molar-refractivity contribution in [3.8, 4) is 0 Å². The van der Waals surface area contributed by atoms with Gasteiger partial charge in [-0.2, -0.15) is 0 Å². The first-order valence-electron chi connectivity index (χ1n) is 12.9. The molecule has 8 nitrogen and oxygen atoms in total. The van der Waals surface area contributed by atoms with Crippen molar-refractivity contribution in [3.63, 3.8) is 0 Å². The summed E-state index contributed by atoms with van der Waals surface area (Å²) in [5.74, 6) is -0.706. The zero-order valence-corrected chi connectivity index (χ0v) is 24.7. The van der Waals surface area contributed by atoms with E-state index in [4.69, 9.17) is 10.2 Å². The number of aliphatic hydroxyl groups excluding tert-OH is 2. The third-order valence-corrected chi connectivity index (χ3v) is 3.27. The predicted molar refractivity (Wildman–Crippen MR) is 157 cm³/mol. The highest BCUT2D eigenvalue weighted by atomic mass is 16.5. The van der Waals surface area contributed by atoms with E-state index >= 15 is 0 Å². The van der Waals surface area contributed by atoms with Crippen LogP contribution in [-0.4, -0.2) is 61.2 Å². The van der Waals surface area contributed by atoms with Gasteiger partial charge in [-0.1, -0.05) is 95.2 Å². The molecule has 0 spiro atoms. The van der Waals surface area contributed by atoms with Gasteiger partial charge in [-0.15, -0.1) is 6.58 Å². The third kappa shape index (κ3) is 84.5. The number of hydrogen-bond acceptors (Lipinski definition) is 8. The minimum atomic E-state index is -0.264. The molecular weight excluding hydrogens is 488 g/mol. The summed E-state index contributed by atoms with van der Waals surface area (Å²) in [7, 11) is 0. The number of ether oxygens (including phenoxy) is 3. The summed E-state index contributed by atoms with van der Waals surface area (Å²) >= 11 is 0. The second-order valence-electron chi connectivity index (χ2n) is 7.13. The lowest BCUT2D eigenvalue weighted by molar-refractivity contribution is -0.140. The van der Waals surface area contributed by atoms with Crippen LogP contribution in [0.1, 0.15) is 80.1 Å². The fourth-order valence-electron chi connectivity index (χ4n) is 1.57. The molecule has 0 radical (unpaired) electrons. The first kappa shape index (κ1) is 45.0. The van der Waals surface area contributed by atoms with Crippen LogP contribution in [-0.2, 0) is 28.6 Å². The quantitative estimate of drug-likeness (QED) is 0.155. The van der Waals surface area contributed by atoms with Gasteiger partial charge in [-0.05, 0) is 19.3 Å². The zero-order valence-electron chi connectivity index (χ0n) is 24.7. The van der Waals surface area contributed by atoms with Crippen LogP contribution in [0.5, 0.6) is 0 Å². The van der Waals surface area contributed by atoms with E-state index in [9.17, 15) is 14.4 Å². The highest BCUT2D eigenvalue weighted by Crippen LogP contribution is 1.89. The Labute approximate surface area is 231 Å². The van der Waals surface area contributed by atoms with Gasteiger partial charge in [-0.25, -0.2) is 0 Å². The SMILES string of the molecule is C=CCO.C=CCOC(C)=O.CCC/C=C\CO.CCC/C=C\COC(C)=O.CCC/C=C\COC(C)=O. The molecule has 0 aliphatic rings. The van der Waals surface area contributed by atoms with E-state index in [0.717, 1.165) is 38.5 Å².